The van der Waals surface area contributed by atoms with Gasteiger partial charge in [0.1, 0.15) is 5.15 Å². The second-order valence-corrected chi connectivity index (χ2v) is 6.42. The molecule has 0 amide bonds. The van der Waals surface area contributed by atoms with Gasteiger partial charge in [-0.3, -0.25) is 0 Å². The molecular formula is C15H12Cl2N4S. The van der Waals surface area contributed by atoms with Gasteiger partial charge in [-0.2, -0.15) is 0 Å². The van der Waals surface area contributed by atoms with E-state index in [1.54, 1.807) is 29.8 Å². The van der Waals surface area contributed by atoms with Crippen LogP contribution >= 0.6 is 34.5 Å². The number of halogens is 2. The van der Waals surface area contributed by atoms with E-state index in [9.17, 15) is 0 Å². The highest BCUT2D eigenvalue weighted by Gasteiger charge is 2.16. The van der Waals surface area contributed by atoms with Crippen molar-refractivity contribution < 1.29 is 0 Å². The smallest absolute Gasteiger partial charge is 0.222 e. The summed E-state index contributed by atoms with van der Waals surface area (Å²) in [6.07, 6.45) is 5.28. The minimum absolute atomic E-state index is 0.224. The molecule has 0 unspecified atom stereocenters. The number of hydrogen-bond acceptors (Lipinski definition) is 5. The maximum Gasteiger partial charge on any atom is 0.222 e. The summed E-state index contributed by atoms with van der Waals surface area (Å²) in [7, 11) is 0. The number of pyridine rings is 1. The normalized spacial score (nSPS) is 10.9. The van der Waals surface area contributed by atoms with Crippen molar-refractivity contribution in [2.45, 2.75) is 19.8 Å². The van der Waals surface area contributed by atoms with E-state index in [0.717, 1.165) is 39.7 Å². The zero-order chi connectivity index (χ0) is 15.5. The average Bonchev–Trinajstić information content (AvgIpc) is 2.92. The molecule has 4 nitrogen and oxygen atoms in total. The third kappa shape index (κ3) is 3.27. The van der Waals surface area contributed by atoms with Crippen LogP contribution in [0.15, 0.2) is 30.6 Å². The second-order valence-electron chi connectivity index (χ2n) is 4.61. The van der Waals surface area contributed by atoms with Gasteiger partial charge in [0.15, 0.2) is 0 Å². The van der Waals surface area contributed by atoms with E-state index >= 15 is 0 Å². The minimum Gasteiger partial charge on any atom is -0.245 e. The van der Waals surface area contributed by atoms with Gasteiger partial charge in [0.25, 0.3) is 0 Å². The molecular weight excluding hydrogens is 339 g/mol. The molecule has 0 aliphatic rings. The lowest BCUT2D eigenvalue weighted by molar-refractivity contribution is 0.910. The van der Waals surface area contributed by atoms with E-state index in [1.807, 2.05) is 12.1 Å². The standard InChI is InChI=1S/C15H12Cl2N4S/c1-2-3-12-21-13(9-4-6-18-11(16)8-9)14(22-12)10-5-7-19-15(17)20-10/h4-8H,2-3H2,1H3. The Balaban J connectivity index is 2.16. The van der Waals surface area contributed by atoms with Crippen molar-refractivity contribution in [1.82, 2.24) is 19.9 Å². The third-order valence-electron chi connectivity index (χ3n) is 2.99. The van der Waals surface area contributed by atoms with Gasteiger partial charge >= 0.3 is 0 Å². The van der Waals surface area contributed by atoms with Gasteiger partial charge in [-0.15, -0.1) is 11.3 Å². The second kappa shape index (κ2) is 6.69. The fourth-order valence-electron chi connectivity index (χ4n) is 2.07. The summed E-state index contributed by atoms with van der Waals surface area (Å²) in [5.41, 5.74) is 2.54. The fraction of sp³-hybridized carbons (Fsp3) is 0.200. The summed E-state index contributed by atoms with van der Waals surface area (Å²) in [5, 5.41) is 1.73. The van der Waals surface area contributed by atoms with E-state index in [-0.39, 0.29) is 5.28 Å². The highest BCUT2D eigenvalue weighted by molar-refractivity contribution is 7.15. The first-order valence-corrected chi connectivity index (χ1v) is 8.35. The molecule has 0 aliphatic heterocycles. The molecule has 0 bridgehead atoms. The Labute approximate surface area is 142 Å². The van der Waals surface area contributed by atoms with E-state index in [2.05, 4.69) is 21.9 Å². The van der Waals surface area contributed by atoms with Gasteiger partial charge in [0.2, 0.25) is 5.28 Å². The number of rotatable bonds is 4. The Morgan fingerprint density at radius 3 is 2.64 bits per heavy atom. The number of hydrogen-bond donors (Lipinski definition) is 0. The van der Waals surface area contributed by atoms with E-state index in [0.29, 0.717) is 5.15 Å². The van der Waals surface area contributed by atoms with Crippen LogP contribution in [0, 0.1) is 0 Å². The highest BCUT2D eigenvalue weighted by Crippen LogP contribution is 2.36. The molecule has 0 aromatic carbocycles. The largest absolute Gasteiger partial charge is 0.245 e. The summed E-state index contributed by atoms with van der Waals surface area (Å²) in [5.74, 6) is 0. The number of aryl methyl sites for hydroxylation is 1. The predicted octanol–water partition coefficient (Wildman–Crippen LogP) is 4.92. The van der Waals surface area contributed by atoms with Crippen molar-refractivity contribution >= 4 is 34.5 Å². The Hall–Kier alpha value is -1.56. The van der Waals surface area contributed by atoms with E-state index in [1.165, 1.54) is 0 Å². The molecule has 0 atom stereocenters. The third-order valence-corrected chi connectivity index (χ3v) is 4.52. The zero-order valence-electron chi connectivity index (χ0n) is 11.8. The predicted molar refractivity (Wildman–Crippen MR) is 90.4 cm³/mol. The van der Waals surface area contributed by atoms with Gasteiger partial charge in [0, 0.05) is 18.0 Å². The summed E-state index contributed by atoms with van der Waals surface area (Å²) >= 11 is 13.5. The Morgan fingerprint density at radius 1 is 1.09 bits per heavy atom. The van der Waals surface area contributed by atoms with Crippen LogP contribution in [-0.2, 0) is 6.42 Å². The van der Waals surface area contributed by atoms with Crippen LogP contribution in [0.1, 0.15) is 18.4 Å². The SMILES string of the molecule is CCCc1nc(-c2ccnc(Cl)c2)c(-c2ccnc(Cl)n2)s1. The van der Waals surface area contributed by atoms with Crippen LogP contribution < -0.4 is 0 Å². The summed E-state index contributed by atoms with van der Waals surface area (Å²) in [6, 6.07) is 5.53. The zero-order valence-corrected chi connectivity index (χ0v) is 14.1. The van der Waals surface area contributed by atoms with Crippen LogP contribution in [0.2, 0.25) is 10.4 Å². The molecule has 3 aromatic heterocycles. The lowest BCUT2D eigenvalue weighted by atomic mass is 10.1. The molecule has 0 saturated carbocycles. The van der Waals surface area contributed by atoms with Crippen molar-refractivity contribution in [3.63, 3.8) is 0 Å². The number of aromatic nitrogens is 4. The molecule has 3 rings (SSSR count). The lowest BCUT2D eigenvalue weighted by Gasteiger charge is -2.02. The molecule has 0 fully saturated rings. The molecule has 0 N–H and O–H groups in total. The maximum absolute atomic E-state index is 6.00. The van der Waals surface area contributed by atoms with Gasteiger partial charge < -0.3 is 0 Å². The topological polar surface area (TPSA) is 51.6 Å². The summed E-state index contributed by atoms with van der Waals surface area (Å²) in [4.78, 5) is 18.0. The van der Waals surface area contributed by atoms with E-state index in [4.69, 9.17) is 28.2 Å². The van der Waals surface area contributed by atoms with Crippen molar-refractivity contribution in [1.29, 1.82) is 0 Å². The van der Waals surface area contributed by atoms with Crippen LogP contribution in [0.5, 0.6) is 0 Å². The number of thiazole rings is 1. The van der Waals surface area contributed by atoms with Gasteiger partial charge in [-0.1, -0.05) is 18.5 Å². The van der Waals surface area contributed by atoms with Crippen LogP contribution in [0.3, 0.4) is 0 Å². The van der Waals surface area contributed by atoms with Crippen molar-refractivity contribution in [2.75, 3.05) is 0 Å². The monoisotopic (exact) mass is 350 g/mol. The molecule has 0 aliphatic carbocycles. The highest BCUT2D eigenvalue weighted by atomic mass is 35.5. The first kappa shape index (κ1) is 15.3. The molecule has 112 valence electrons. The Bertz CT molecular complexity index is 741. The molecule has 7 heteroatoms. The van der Waals surface area contributed by atoms with Crippen molar-refractivity contribution in [2.24, 2.45) is 0 Å². The molecule has 0 spiro atoms. The molecule has 3 heterocycles. The van der Waals surface area contributed by atoms with Crippen molar-refractivity contribution in [3.8, 4) is 21.8 Å². The van der Waals surface area contributed by atoms with Gasteiger partial charge in [-0.05, 0) is 42.6 Å². The Morgan fingerprint density at radius 2 is 1.91 bits per heavy atom. The van der Waals surface area contributed by atoms with E-state index < -0.39 is 0 Å². The summed E-state index contributed by atoms with van der Waals surface area (Å²) < 4.78 is 0. The van der Waals surface area contributed by atoms with Gasteiger partial charge in [-0.25, -0.2) is 19.9 Å². The van der Waals surface area contributed by atoms with Gasteiger partial charge in [0.05, 0.1) is 21.3 Å². The summed E-state index contributed by atoms with van der Waals surface area (Å²) in [6.45, 7) is 2.13. The minimum atomic E-state index is 0.224. The van der Waals surface area contributed by atoms with Crippen LogP contribution in [-0.4, -0.2) is 19.9 Å². The fourth-order valence-corrected chi connectivity index (χ4v) is 3.54. The first-order valence-electron chi connectivity index (χ1n) is 6.78. The molecule has 0 saturated heterocycles. The van der Waals surface area contributed by atoms with Crippen LogP contribution in [0.4, 0.5) is 0 Å². The van der Waals surface area contributed by atoms with Crippen LogP contribution in [0.25, 0.3) is 21.8 Å². The molecule has 22 heavy (non-hydrogen) atoms. The quantitative estimate of drug-likeness (QED) is 0.494. The lowest BCUT2D eigenvalue weighted by Crippen LogP contribution is -1.88. The number of nitrogens with zero attached hydrogens (tertiary/aromatic N) is 4. The first-order chi connectivity index (χ1) is 10.7. The molecule has 3 aromatic rings. The maximum atomic E-state index is 6.00. The average molecular weight is 351 g/mol. The molecule has 0 radical (unpaired) electrons. The Kier molecular flexibility index (Phi) is 4.66. The van der Waals surface area contributed by atoms with Crippen molar-refractivity contribution in [3.05, 3.63) is 46.0 Å².